The van der Waals surface area contributed by atoms with Gasteiger partial charge in [0.15, 0.2) is 6.10 Å². The van der Waals surface area contributed by atoms with Crippen LogP contribution in [-0.2, 0) is 28.6 Å². The molecule has 6 nitrogen and oxygen atoms in total. The molecular weight excluding hydrogens is 781 g/mol. The Hall–Kier alpha value is -1.85. The van der Waals surface area contributed by atoms with Gasteiger partial charge in [0, 0.05) is 19.3 Å². The smallest absolute Gasteiger partial charge is 0.306 e. The minimum atomic E-state index is -0.767. The van der Waals surface area contributed by atoms with Crippen molar-refractivity contribution in [3.8, 4) is 0 Å². The SMILES string of the molecule is CCCCCCCCCCC/C=C\CCCCCCCC(=O)OCC(COC(=O)CCCCCCCCCCCCCCC)OC(=O)CCCCCCCCCCCCCCCC. The molecule has 6 heteroatoms. The van der Waals surface area contributed by atoms with Gasteiger partial charge >= 0.3 is 17.9 Å². The first kappa shape index (κ1) is 61.1. The molecule has 1 unspecified atom stereocenters. The van der Waals surface area contributed by atoms with Crippen LogP contribution in [0, 0.1) is 0 Å². The van der Waals surface area contributed by atoms with Crippen LogP contribution in [0.5, 0.6) is 0 Å². The van der Waals surface area contributed by atoms with Gasteiger partial charge in [-0.15, -0.1) is 0 Å². The standard InChI is InChI=1S/C57H108O6/c1-4-7-10-13-16-19-22-25-27-28-29-30-33-35-38-41-44-47-50-56(59)62-53-54(52-61-55(58)49-46-43-40-37-34-31-24-21-18-15-12-9-6-3)63-57(60)51-48-45-42-39-36-32-26-23-20-17-14-11-8-5-2/h29-30,54H,4-28,31-53H2,1-3H3/b30-29-. The first-order valence-electron chi connectivity index (χ1n) is 28.2. The van der Waals surface area contributed by atoms with E-state index >= 15 is 0 Å². The molecular formula is C57H108O6. The van der Waals surface area contributed by atoms with E-state index in [0.29, 0.717) is 19.3 Å². The number of esters is 3. The molecule has 0 saturated heterocycles. The second-order valence-electron chi connectivity index (χ2n) is 19.2. The fourth-order valence-electron chi connectivity index (χ4n) is 8.50. The largest absolute Gasteiger partial charge is 0.462 e. The zero-order valence-corrected chi connectivity index (χ0v) is 42.6. The van der Waals surface area contributed by atoms with Gasteiger partial charge in [0.2, 0.25) is 0 Å². The lowest BCUT2D eigenvalue weighted by molar-refractivity contribution is -0.167. The van der Waals surface area contributed by atoms with E-state index in [0.717, 1.165) is 64.2 Å². The summed E-state index contributed by atoms with van der Waals surface area (Å²) in [7, 11) is 0. The van der Waals surface area contributed by atoms with Crippen LogP contribution in [0.2, 0.25) is 0 Å². The van der Waals surface area contributed by atoms with E-state index in [9.17, 15) is 14.4 Å². The van der Waals surface area contributed by atoms with E-state index in [-0.39, 0.29) is 31.1 Å². The third kappa shape index (κ3) is 51.0. The van der Waals surface area contributed by atoms with Crippen LogP contribution in [0.3, 0.4) is 0 Å². The molecule has 0 aliphatic heterocycles. The van der Waals surface area contributed by atoms with Crippen molar-refractivity contribution in [2.24, 2.45) is 0 Å². The van der Waals surface area contributed by atoms with Gasteiger partial charge < -0.3 is 14.2 Å². The average Bonchev–Trinajstić information content (AvgIpc) is 3.28. The fraction of sp³-hybridized carbons (Fsp3) is 0.912. The van der Waals surface area contributed by atoms with Gasteiger partial charge in [0.05, 0.1) is 0 Å². The average molecular weight is 889 g/mol. The van der Waals surface area contributed by atoms with E-state index in [4.69, 9.17) is 14.2 Å². The summed E-state index contributed by atoms with van der Waals surface area (Å²) in [6, 6.07) is 0. The van der Waals surface area contributed by atoms with Gasteiger partial charge in [-0.2, -0.15) is 0 Å². The lowest BCUT2D eigenvalue weighted by atomic mass is 10.0. The second kappa shape index (κ2) is 52.8. The Kier molecular flexibility index (Phi) is 51.2. The minimum Gasteiger partial charge on any atom is -0.462 e. The zero-order chi connectivity index (χ0) is 45.8. The summed E-state index contributed by atoms with van der Waals surface area (Å²) < 4.78 is 16.9. The Bertz CT molecular complexity index is 978. The Balaban J connectivity index is 4.31. The number of rotatable bonds is 52. The van der Waals surface area contributed by atoms with E-state index < -0.39 is 6.10 Å². The maximum atomic E-state index is 12.8. The molecule has 0 bridgehead atoms. The van der Waals surface area contributed by atoms with Gasteiger partial charge in [-0.05, 0) is 44.9 Å². The first-order valence-corrected chi connectivity index (χ1v) is 28.2. The van der Waals surface area contributed by atoms with Crippen LogP contribution < -0.4 is 0 Å². The van der Waals surface area contributed by atoms with Crippen LogP contribution in [0.25, 0.3) is 0 Å². The van der Waals surface area contributed by atoms with Crippen LogP contribution >= 0.6 is 0 Å². The van der Waals surface area contributed by atoms with Gasteiger partial charge in [-0.25, -0.2) is 0 Å². The highest BCUT2D eigenvalue weighted by Crippen LogP contribution is 2.17. The van der Waals surface area contributed by atoms with E-state index in [1.54, 1.807) is 0 Å². The van der Waals surface area contributed by atoms with E-state index in [2.05, 4.69) is 32.9 Å². The molecule has 0 radical (unpaired) electrons. The fourth-order valence-corrected chi connectivity index (χ4v) is 8.50. The second-order valence-corrected chi connectivity index (χ2v) is 19.2. The van der Waals surface area contributed by atoms with Crippen LogP contribution in [-0.4, -0.2) is 37.2 Å². The highest BCUT2D eigenvalue weighted by Gasteiger charge is 2.19. The number of allylic oxidation sites excluding steroid dienone is 2. The van der Waals surface area contributed by atoms with Crippen LogP contribution in [0.15, 0.2) is 12.2 Å². The number of hydrogen-bond acceptors (Lipinski definition) is 6. The van der Waals surface area contributed by atoms with Crippen molar-refractivity contribution in [3.05, 3.63) is 12.2 Å². The monoisotopic (exact) mass is 889 g/mol. The third-order valence-electron chi connectivity index (χ3n) is 12.8. The van der Waals surface area contributed by atoms with Crippen molar-refractivity contribution < 1.29 is 28.6 Å². The van der Waals surface area contributed by atoms with Crippen molar-refractivity contribution in [1.82, 2.24) is 0 Å². The number of unbranched alkanes of at least 4 members (excludes halogenated alkanes) is 39. The summed E-state index contributed by atoms with van der Waals surface area (Å²) in [5.41, 5.74) is 0. The molecule has 0 aliphatic rings. The van der Waals surface area contributed by atoms with Gasteiger partial charge in [0.1, 0.15) is 13.2 Å². The normalized spacial score (nSPS) is 12.0. The molecule has 0 saturated carbocycles. The quantitative estimate of drug-likeness (QED) is 0.0262. The molecule has 0 N–H and O–H groups in total. The van der Waals surface area contributed by atoms with E-state index in [1.165, 1.54) is 212 Å². The summed E-state index contributed by atoms with van der Waals surface area (Å²) in [6.07, 6.45) is 59.1. The molecule has 0 aromatic heterocycles. The molecule has 0 amide bonds. The van der Waals surface area contributed by atoms with Gasteiger partial charge in [0.25, 0.3) is 0 Å². The predicted molar refractivity (Wildman–Crippen MR) is 270 cm³/mol. The Morgan fingerprint density at radius 1 is 0.302 bits per heavy atom. The number of carbonyl (C=O) groups is 3. The summed E-state index contributed by atoms with van der Waals surface area (Å²) in [4.78, 5) is 38.1. The Labute approximate surface area is 392 Å². The van der Waals surface area contributed by atoms with Gasteiger partial charge in [-0.3, -0.25) is 14.4 Å². The molecule has 0 aromatic rings. The van der Waals surface area contributed by atoms with Crippen LogP contribution in [0.4, 0.5) is 0 Å². The van der Waals surface area contributed by atoms with E-state index in [1.807, 2.05) is 0 Å². The number of ether oxygens (including phenoxy) is 3. The lowest BCUT2D eigenvalue weighted by Gasteiger charge is -2.18. The van der Waals surface area contributed by atoms with Gasteiger partial charge in [-0.1, -0.05) is 264 Å². The molecule has 0 rings (SSSR count). The van der Waals surface area contributed by atoms with Crippen molar-refractivity contribution in [1.29, 1.82) is 0 Å². The molecule has 0 fully saturated rings. The summed E-state index contributed by atoms with van der Waals surface area (Å²) >= 11 is 0. The summed E-state index contributed by atoms with van der Waals surface area (Å²) in [5, 5.41) is 0. The highest BCUT2D eigenvalue weighted by atomic mass is 16.6. The summed E-state index contributed by atoms with van der Waals surface area (Å²) in [5.74, 6) is -0.853. The molecule has 0 aliphatic carbocycles. The lowest BCUT2D eigenvalue weighted by Crippen LogP contribution is -2.30. The molecule has 0 heterocycles. The first-order chi connectivity index (χ1) is 31.0. The third-order valence-corrected chi connectivity index (χ3v) is 12.8. The molecule has 63 heavy (non-hydrogen) atoms. The summed E-state index contributed by atoms with van der Waals surface area (Å²) in [6.45, 7) is 6.68. The van der Waals surface area contributed by atoms with Crippen LogP contribution in [0.1, 0.15) is 316 Å². The van der Waals surface area contributed by atoms with Crippen molar-refractivity contribution in [2.75, 3.05) is 13.2 Å². The maximum Gasteiger partial charge on any atom is 0.306 e. The highest BCUT2D eigenvalue weighted by molar-refractivity contribution is 5.71. The molecule has 0 spiro atoms. The minimum absolute atomic E-state index is 0.0668. The van der Waals surface area contributed by atoms with Crippen molar-refractivity contribution >= 4 is 17.9 Å². The zero-order valence-electron chi connectivity index (χ0n) is 42.6. The maximum absolute atomic E-state index is 12.8. The molecule has 1 atom stereocenters. The number of hydrogen-bond donors (Lipinski definition) is 0. The topological polar surface area (TPSA) is 78.9 Å². The Morgan fingerprint density at radius 2 is 0.524 bits per heavy atom. The van der Waals surface area contributed by atoms with Crippen molar-refractivity contribution in [2.45, 2.75) is 322 Å². The molecule has 0 aromatic carbocycles. The predicted octanol–water partition coefficient (Wildman–Crippen LogP) is 18.5. The van der Waals surface area contributed by atoms with Crippen molar-refractivity contribution in [3.63, 3.8) is 0 Å². The number of carbonyl (C=O) groups excluding carboxylic acids is 3. The molecule has 372 valence electrons. The Morgan fingerprint density at radius 3 is 0.794 bits per heavy atom.